The Bertz CT molecular complexity index is 798. The lowest BCUT2D eigenvalue weighted by Gasteiger charge is -2.15. The van der Waals surface area contributed by atoms with Crippen LogP contribution < -0.4 is 10.1 Å². The quantitative estimate of drug-likeness (QED) is 0.824. The Morgan fingerprint density at radius 3 is 2.62 bits per heavy atom. The first-order valence-corrected chi connectivity index (χ1v) is 8.71. The van der Waals surface area contributed by atoms with E-state index in [-0.39, 0.29) is 17.2 Å². The van der Waals surface area contributed by atoms with Gasteiger partial charge in [0.15, 0.2) is 0 Å². The molecule has 1 heterocycles. The van der Waals surface area contributed by atoms with E-state index in [1.54, 1.807) is 18.4 Å². The highest BCUT2D eigenvalue weighted by molar-refractivity contribution is 7.89. The molecule has 1 amide bonds. The molecule has 0 aliphatic rings. The van der Waals surface area contributed by atoms with Gasteiger partial charge in [-0.2, -0.15) is 0 Å². The Balaban J connectivity index is 2.17. The van der Waals surface area contributed by atoms with Crippen molar-refractivity contribution in [2.24, 2.45) is 0 Å². The average Bonchev–Trinajstić information content (AvgIpc) is 3.06. The van der Waals surface area contributed by atoms with Crippen molar-refractivity contribution in [2.45, 2.75) is 17.7 Å². The molecular formula is C16H20N2O5S. The van der Waals surface area contributed by atoms with Crippen molar-refractivity contribution in [1.29, 1.82) is 0 Å². The third kappa shape index (κ3) is 4.15. The van der Waals surface area contributed by atoms with Crippen molar-refractivity contribution in [3.63, 3.8) is 0 Å². The summed E-state index contributed by atoms with van der Waals surface area (Å²) >= 11 is 0. The number of hydrogen-bond donors (Lipinski definition) is 1. The van der Waals surface area contributed by atoms with Crippen LogP contribution in [0.25, 0.3) is 0 Å². The van der Waals surface area contributed by atoms with E-state index in [9.17, 15) is 13.2 Å². The molecule has 2 aromatic rings. The van der Waals surface area contributed by atoms with Crippen molar-refractivity contribution >= 4 is 21.6 Å². The number of ether oxygens (including phenoxy) is 1. The second kappa shape index (κ2) is 7.50. The Kier molecular flexibility index (Phi) is 5.63. The monoisotopic (exact) mass is 352 g/mol. The van der Waals surface area contributed by atoms with Crippen molar-refractivity contribution in [3.05, 3.63) is 42.4 Å². The number of furan rings is 1. The predicted molar refractivity (Wildman–Crippen MR) is 89.5 cm³/mol. The van der Waals surface area contributed by atoms with Gasteiger partial charge >= 0.3 is 0 Å². The van der Waals surface area contributed by atoms with Gasteiger partial charge in [0.2, 0.25) is 15.9 Å². The molecule has 0 fully saturated rings. The number of carbonyl (C=O) groups is 1. The highest BCUT2D eigenvalue weighted by Gasteiger charge is 2.19. The van der Waals surface area contributed by atoms with Crippen LogP contribution in [0, 0.1) is 0 Å². The maximum Gasteiger partial charge on any atom is 0.242 e. The molecule has 0 spiro atoms. The summed E-state index contributed by atoms with van der Waals surface area (Å²) in [5, 5.41) is 2.69. The summed E-state index contributed by atoms with van der Waals surface area (Å²) in [4.78, 5) is 12.2. The van der Waals surface area contributed by atoms with Gasteiger partial charge in [0.05, 0.1) is 24.0 Å². The molecule has 0 radical (unpaired) electrons. The molecule has 130 valence electrons. The number of rotatable bonds is 7. The minimum atomic E-state index is -3.60. The minimum absolute atomic E-state index is 0.0784. The summed E-state index contributed by atoms with van der Waals surface area (Å²) in [5.74, 6) is 0.837. The van der Waals surface area contributed by atoms with Crippen molar-refractivity contribution in [3.8, 4) is 5.75 Å². The normalized spacial score (nSPS) is 11.5. The fourth-order valence-corrected chi connectivity index (χ4v) is 2.99. The largest absolute Gasteiger partial charge is 0.495 e. The van der Waals surface area contributed by atoms with Crippen LogP contribution in [0.3, 0.4) is 0 Å². The van der Waals surface area contributed by atoms with E-state index in [0.29, 0.717) is 23.6 Å². The van der Waals surface area contributed by atoms with E-state index in [1.807, 2.05) is 0 Å². The summed E-state index contributed by atoms with van der Waals surface area (Å²) < 4.78 is 35.9. The zero-order chi connectivity index (χ0) is 17.7. The first kappa shape index (κ1) is 18.0. The third-order valence-corrected chi connectivity index (χ3v) is 5.21. The smallest absolute Gasteiger partial charge is 0.242 e. The molecule has 24 heavy (non-hydrogen) atoms. The number of aryl methyl sites for hydroxylation is 1. The van der Waals surface area contributed by atoms with Crippen LogP contribution in [-0.4, -0.2) is 39.8 Å². The summed E-state index contributed by atoms with van der Waals surface area (Å²) in [5.41, 5.74) is 0.310. The lowest BCUT2D eigenvalue weighted by atomic mass is 10.2. The molecule has 0 unspecified atom stereocenters. The number of amides is 1. The second-order valence-electron chi connectivity index (χ2n) is 5.28. The maximum absolute atomic E-state index is 12.2. The molecule has 0 bridgehead atoms. The fraction of sp³-hybridized carbons (Fsp3) is 0.312. The highest BCUT2D eigenvalue weighted by Crippen LogP contribution is 2.28. The van der Waals surface area contributed by atoms with Crippen LogP contribution in [0.15, 0.2) is 45.9 Å². The Morgan fingerprint density at radius 2 is 2.04 bits per heavy atom. The molecule has 8 heteroatoms. The van der Waals surface area contributed by atoms with E-state index in [1.165, 1.54) is 39.4 Å². The molecule has 2 rings (SSSR count). The lowest BCUT2D eigenvalue weighted by molar-refractivity contribution is -0.116. The van der Waals surface area contributed by atoms with E-state index >= 15 is 0 Å². The van der Waals surface area contributed by atoms with E-state index < -0.39 is 10.0 Å². The number of sulfonamides is 1. The Labute approximate surface area is 141 Å². The third-order valence-electron chi connectivity index (χ3n) is 3.40. The van der Waals surface area contributed by atoms with Crippen molar-refractivity contribution in [1.82, 2.24) is 4.31 Å². The molecule has 0 atom stereocenters. The van der Waals surface area contributed by atoms with Crippen LogP contribution in [-0.2, 0) is 21.2 Å². The van der Waals surface area contributed by atoms with Gasteiger partial charge in [-0.1, -0.05) is 0 Å². The SMILES string of the molecule is COc1ccc(S(=O)(=O)N(C)C)cc1NC(=O)CCc1ccco1. The van der Waals surface area contributed by atoms with Gasteiger partial charge in [-0.15, -0.1) is 0 Å². The number of methoxy groups -OCH3 is 1. The molecule has 0 aliphatic carbocycles. The van der Waals surface area contributed by atoms with Crippen LogP contribution in [0.4, 0.5) is 5.69 Å². The first-order valence-electron chi connectivity index (χ1n) is 7.27. The Morgan fingerprint density at radius 1 is 1.29 bits per heavy atom. The van der Waals surface area contributed by atoms with Gasteiger partial charge in [-0.3, -0.25) is 4.79 Å². The van der Waals surface area contributed by atoms with Crippen molar-refractivity contribution < 1.29 is 22.4 Å². The minimum Gasteiger partial charge on any atom is -0.495 e. The van der Waals surface area contributed by atoms with E-state index in [4.69, 9.17) is 9.15 Å². The van der Waals surface area contributed by atoms with Crippen LogP contribution in [0.2, 0.25) is 0 Å². The zero-order valence-electron chi connectivity index (χ0n) is 13.8. The van der Waals surface area contributed by atoms with Crippen LogP contribution in [0.1, 0.15) is 12.2 Å². The molecule has 0 saturated carbocycles. The molecule has 0 aliphatic heterocycles. The summed E-state index contributed by atoms with van der Waals surface area (Å²) in [7, 11) is 0.747. The first-order chi connectivity index (χ1) is 11.3. The predicted octanol–water partition coefficient (Wildman–Crippen LogP) is 2.11. The number of anilines is 1. The zero-order valence-corrected chi connectivity index (χ0v) is 14.6. The van der Waals surface area contributed by atoms with E-state index in [2.05, 4.69) is 5.32 Å². The van der Waals surface area contributed by atoms with Gasteiger partial charge in [-0.25, -0.2) is 12.7 Å². The second-order valence-corrected chi connectivity index (χ2v) is 7.43. The molecular weight excluding hydrogens is 332 g/mol. The average molecular weight is 352 g/mol. The van der Waals surface area contributed by atoms with Gasteiger partial charge in [0, 0.05) is 26.9 Å². The molecule has 1 aromatic carbocycles. The van der Waals surface area contributed by atoms with E-state index in [0.717, 1.165) is 4.31 Å². The number of hydrogen-bond acceptors (Lipinski definition) is 5. The number of nitrogens with one attached hydrogen (secondary N) is 1. The van der Waals surface area contributed by atoms with Gasteiger partial charge in [0.25, 0.3) is 0 Å². The summed E-state index contributed by atoms with van der Waals surface area (Å²) in [6.07, 6.45) is 2.21. The maximum atomic E-state index is 12.2. The molecule has 1 N–H and O–H groups in total. The standard InChI is InChI=1S/C16H20N2O5S/c1-18(2)24(20,21)13-7-8-15(22-3)14(11-13)17-16(19)9-6-12-5-4-10-23-12/h4-5,7-8,10-11H,6,9H2,1-3H3,(H,17,19). The molecule has 0 saturated heterocycles. The van der Waals surface area contributed by atoms with Crippen LogP contribution >= 0.6 is 0 Å². The number of carbonyl (C=O) groups excluding carboxylic acids is 1. The Hall–Kier alpha value is -2.32. The van der Waals surface area contributed by atoms with Gasteiger partial charge in [0.1, 0.15) is 11.5 Å². The summed E-state index contributed by atoms with van der Waals surface area (Å²) in [6, 6.07) is 7.88. The lowest BCUT2D eigenvalue weighted by Crippen LogP contribution is -2.22. The van der Waals surface area contributed by atoms with Crippen molar-refractivity contribution in [2.75, 3.05) is 26.5 Å². The van der Waals surface area contributed by atoms with Gasteiger partial charge < -0.3 is 14.5 Å². The number of benzene rings is 1. The summed E-state index contributed by atoms with van der Waals surface area (Å²) in [6.45, 7) is 0. The molecule has 1 aromatic heterocycles. The fourth-order valence-electron chi connectivity index (χ4n) is 2.06. The van der Waals surface area contributed by atoms with Gasteiger partial charge in [-0.05, 0) is 30.3 Å². The topological polar surface area (TPSA) is 88.9 Å². The molecule has 7 nitrogen and oxygen atoms in total. The number of nitrogens with zero attached hydrogens (tertiary/aromatic N) is 1. The highest BCUT2D eigenvalue weighted by atomic mass is 32.2. The van der Waals surface area contributed by atoms with Crippen LogP contribution in [0.5, 0.6) is 5.75 Å².